The Bertz CT molecular complexity index is 1240. The third kappa shape index (κ3) is 4.71. The average molecular weight is 464 g/mol. The van der Waals surface area contributed by atoms with Crippen LogP contribution in [0.3, 0.4) is 0 Å². The van der Waals surface area contributed by atoms with E-state index in [1.165, 1.54) is 0 Å². The predicted molar refractivity (Wildman–Crippen MR) is 126 cm³/mol. The molecular weight excluding hydrogens is 442 g/mol. The van der Waals surface area contributed by atoms with Crippen molar-refractivity contribution in [3.8, 4) is 0 Å². The zero-order valence-corrected chi connectivity index (χ0v) is 18.9. The largest absolute Gasteiger partial charge is 0.329 e. The van der Waals surface area contributed by atoms with Crippen molar-refractivity contribution >= 4 is 33.0 Å². The van der Waals surface area contributed by atoms with Crippen LogP contribution in [0.25, 0.3) is 0 Å². The van der Waals surface area contributed by atoms with Crippen LogP contribution in [0.15, 0.2) is 101 Å². The number of carbonyl (C=O) groups excluding carboxylic acids is 1. The molecule has 0 saturated carbocycles. The van der Waals surface area contributed by atoms with Crippen LogP contribution in [0.1, 0.15) is 27.7 Å². The minimum Gasteiger partial charge on any atom is -0.329 e. The van der Waals surface area contributed by atoms with Crippen molar-refractivity contribution in [3.05, 3.63) is 113 Å². The highest BCUT2D eigenvalue weighted by Crippen LogP contribution is 2.28. The molecule has 4 aromatic rings. The molecule has 2 heterocycles. The summed E-state index contributed by atoms with van der Waals surface area (Å²) in [4.78, 5) is 19.4. The Morgan fingerprint density at radius 1 is 0.938 bits per heavy atom. The monoisotopic (exact) mass is 463 g/mol. The maximum atomic E-state index is 13.3. The topological polar surface area (TPSA) is 79.4 Å². The van der Waals surface area contributed by atoms with Gasteiger partial charge in [-0.05, 0) is 53.4 Å². The third-order valence-corrected chi connectivity index (χ3v) is 7.71. The number of amides is 1. The lowest BCUT2D eigenvalue weighted by Gasteiger charge is -2.28. The van der Waals surface area contributed by atoms with Crippen molar-refractivity contribution in [1.82, 2.24) is 9.88 Å². The van der Waals surface area contributed by atoms with Crippen LogP contribution < -0.4 is 4.72 Å². The molecule has 0 bridgehead atoms. The Morgan fingerprint density at radius 3 is 2.28 bits per heavy atom. The molecule has 162 valence electrons. The van der Waals surface area contributed by atoms with E-state index in [2.05, 4.69) is 9.71 Å². The van der Waals surface area contributed by atoms with Gasteiger partial charge in [-0.3, -0.25) is 14.5 Å². The standard InChI is InChI=1S/C24H21N3O3S2/c1-27(23(18-8-3-2-4-9-18)21-10-5-6-16-25-21)24(28)19-12-14-20(15-13-19)26-32(29,30)22-11-7-17-31-22/h2-17,23,26H,1H3. The van der Waals surface area contributed by atoms with E-state index in [0.29, 0.717) is 11.3 Å². The summed E-state index contributed by atoms with van der Waals surface area (Å²) in [6.45, 7) is 0. The molecule has 0 aliphatic carbocycles. The van der Waals surface area contributed by atoms with Gasteiger partial charge in [-0.15, -0.1) is 11.3 Å². The molecule has 4 rings (SSSR count). The lowest BCUT2D eigenvalue weighted by atomic mass is 10.0. The second-order valence-electron chi connectivity index (χ2n) is 7.10. The number of carbonyl (C=O) groups is 1. The number of sulfonamides is 1. The van der Waals surface area contributed by atoms with Gasteiger partial charge in [0.05, 0.1) is 11.7 Å². The number of anilines is 1. The van der Waals surface area contributed by atoms with Crippen molar-refractivity contribution in [2.24, 2.45) is 0 Å². The van der Waals surface area contributed by atoms with Crippen molar-refractivity contribution in [1.29, 1.82) is 0 Å². The maximum absolute atomic E-state index is 13.3. The zero-order valence-electron chi connectivity index (χ0n) is 17.3. The molecule has 2 aromatic heterocycles. The number of pyridine rings is 1. The lowest BCUT2D eigenvalue weighted by Crippen LogP contribution is -2.32. The van der Waals surface area contributed by atoms with E-state index in [1.54, 1.807) is 59.9 Å². The van der Waals surface area contributed by atoms with Gasteiger partial charge in [-0.25, -0.2) is 8.42 Å². The number of hydrogen-bond acceptors (Lipinski definition) is 5. The predicted octanol–water partition coefficient (Wildman–Crippen LogP) is 4.81. The first-order valence-corrected chi connectivity index (χ1v) is 12.2. The molecule has 0 spiro atoms. The van der Waals surface area contributed by atoms with Gasteiger partial charge >= 0.3 is 0 Å². The van der Waals surface area contributed by atoms with E-state index in [4.69, 9.17) is 0 Å². The van der Waals surface area contributed by atoms with E-state index in [9.17, 15) is 13.2 Å². The fourth-order valence-corrected chi connectivity index (χ4v) is 5.44. The second kappa shape index (κ2) is 9.33. The van der Waals surface area contributed by atoms with Crippen LogP contribution in [-0.2, 0) is 10.0 Å². The summed E-state index contributed by atoms with van der Waals surface area (Å²) in [6.07, 6.45) is 1.71. The molecule has 1 unspecified atom stereocenters. The van der Waals surface area contributed by atoms with Crippen molar-refractivity contribution in [2.75, 3.05) is 11.8 Å². The molecule has 0 saturated heterocycles. The van der Waals surface area contributed by atoms with Crippen LogP contribution in [0.4, 0.5) is 5.69 Å². The van der Waals surface area contributed by atoms with Gasteiger partial charge in [-0.2, -0.15) is 0 Å². The van der Waals surface area contributed by atoms with Gasteiger partial charge in [0.15, 0.2) is 0 Å². The molecule has 0 radical (unpaired) electrons. The van der Waals surface area contributed by atoms with Gasteiger partial charge in [0.1, 0.15) is 4.21 Å². The SMILES string of the molecule is CN(C(=O)c1ccc(NS(=O)(=O)c2cccs2)cc1)C(c1ccccc1)c1ccccn1. The number of hydrogen-bond donors (Lipinski definition) is 1. The summed E-state index contributed by atoms with van der Waals surface area (Å²) < 4.78 is 27.6. The Labute approximate surface area is 191 Å². The summed E-state index contributed by atoms with van der Waals surface area (Å²) in [6, 6.07) is 24.6. The van der Waals surface area contributed by atoms with Crippen LogP contribution in [0.5, 0.6) is 0 Å². The van der Waals surface area contributed by atoms with E-state index >= 15 is 0 Å². The van der Waals surface area contributed by atoms with Gasteiger partial charge in [0, 0.05) is 24.5 Å². The van der Waals surface area contributed by atoms with Crippen LogP contribution in [0, 0.1) is 0 Å². The molecule has 1 amide bonds. The van der Waals surface area contributed by atoms with Crippen LogP contribution in [0.2, 0.25) is 0 Å². The highest BCUT2D eigenvalue weighted by atomic mass is 32.2. The van der Waals surface area contributed by atoms with Crippen molar-refractivity contribution < 1.29 is 13.2 Å². The average Bonchev–Trinajstić information content (AvgIpc) is 3.37. The summed E-state index contributed by atoms with van der Waals surface area (Å²) in [5.74, 6) is -0.197. The molecule has 1 N–H and O–H groups in total. The smallest absolute Gasteiger partial charge is 0.271 e. The van der Waals surface area contributed by atoms with Crippen molar-refractivity contribution in [3.63, 3.8) is 0 Å². The Morgan fingerprint density at radius 2 is 1.66 bits per heavy atom. The normalized spacial score (nSPS) is 12.2. The molecule has 0 fully saturated rings. The van der Waals surface area contributed by atoms with E-state index in [-0.39, 0.29) is 16.2 Å². The Hall–Kier alpha value is -3.49. The molecule has 0 aliphatic heterocycles. The second-order valence-corrected chi connectivity index (χ2v) is 9.96. The molecule has 2 aromatic carbocycles. The number of nitrogens with zero attached hydrogens (tertiary/aromatic N) is 2. The number of rotatable bonds is 7. The zero-order chi connectivity index (χ0) is 22.6. The Kier molecular flexibility index (Phi) is 6.34. The molecule has 1 atom stereocenters. The fourth-order valence-electron chi connectivity index (χ4n) is 3.39. The van der Waals surface area contributed by atoms with Crippen LogP contribution in [-0.4, -0.2) is 31.3 Å². The first-order valence-electron chi connectivity index (χ1n) is 9.85. The highest BCUT2D eigenvalue weighted by Gasteiger charge is 2.25. The number of thiophene rings is 1. The molecular formula is C24H21N3O3S2. The minimum atomic E-state index is -3.64. The summed E-state index contributed by atoms with van der Waals surface area (Å²) in [5.41, 5.74) is 2.54. The summed E-state index contributed by atoms with van der Waals surface area (Å²) in [5, 5.41) is 1.71. The first kappa shape index (κ1) is 21.7. The van der Waals surface area contributed by atoms with E-state index in [0.717, 1.165) is 22.6 Å². The van der Waals surface area contributed by atoms with Gasteiger partial charge in [-0.1, -0.05) is 42.5 Å². The maximum Gasteiger partial charge on any atom is 0.271 e. The van der Waals surface area contributed by atoms with Crippen molar-refractivity contribution in [2.45, 2.75) is 10.3 Å². The quantitative estimate of drug-likeness (QED) is 0.427. The summed E-state index contributed by atoms with van der Waals surface area (Å²) >= 11 is 1.14. The van der Waals surface area contributed by atoms with Gasteiger partial charge < -0.3 is 4.90 Å². The number of benzene rings is 2. The lowest BCUT2D eigenvalue weighted by molar-refractivity contribution is 0.0752. The first-order chi connectivity index (χ1) is 15.5. The number of nitrogens with one attached hydrogen (secondary N) is 1. The van der Waals surface area contributed by atoms with Gasteiger partial charge in [0.2, 0.25) is 0 Å². The third-order valence-electron chi connectivity index (χ3n) is 4.93. The van der Waals surface area contributed by atoms with E-state index in [1.807, 2.05) is 48.5 Å². The van der Waals surface area contributed by atoms with Crippen LogP contribution >= 0.6 is 11.3 Å². The molecule has 0 aliphatic rings. The van der Waals surface area contributed by atoms with E-state index < -0.39 is 10.0 Å². The molecule has 8 heteroatoms. The molecule has 32 heavy (non-hydrogen) atoms. The Balaban J connectivity index is 1.57. The fraction of sp³-hybridized carbons (Fsp3) is 0.0833. The number of aromatic nitrogens is 1. The minimum absolute atomic E-state index is 0.197. The van der Waals surface area contributed by atoms with Gasteiger partial charge in [0.25, 0.3) is 15.9 Å². The molecule has 6 nitrogen and oxygen atoms in total. The summed E-state index contributed by atoms with van der Waals surface area (Å²) in [7, 11) is -1.90. The highest BCUT2D eigenvalue weighted by molar-refractivity contribution is 7.94.